The molecule has 1 N–H and O–H groups in total. The van der Waals surface area contributed by atoms with Gasteiger partial charge in [-0.2, -0.15) is 0 Å². The Bertz CT molecular complexity index is 1100. The summed E-state index contributed by atoms with van der Waals surface area (Å²) < 4.78 is 5.29. The average molecular weight is 416 g/mol. The van der Waals surface area contributed by atoms with Crippen molar-refractivity contribution in [2.75, 3.05) is 19.0 Å². The van der Waals surface area contributed by atoms with E-state index < -0.39 is 0 Å². The number of anilines is 1. The van der Waals surface area contributed by atoms with Crippen molar-refractivity contribution in [1.82, 2.24) is 14.9 Å². The Morgan fingerprint density at radius 2 is 1.84 bits per heavy atom. The van der Waals surface area contributed by atoms with Crippen LogP contribution in [-0.2, 0) is 0 Å². The minimum absolute atomic E-state index is 0.0256. The third-order valence-electron chi connectivity index (χ3n) is 5.43. The van der Waals surface area contributed by atoms with Crippen LogP contribution < -0.4 is 10.1 Å². The number of ether oxygens (including phenoxy) is 1. The van der Waals surface area contributed by atoms with E-state index in [1.807, 2.05) is 47.4 Å². The van der Waals surface area contributed by atoms with Gasteiger partial charge in [0.1, 0.15) is 5.75 Å². The van der Waals surface area contributed by atoms with Crippen molar-refractivity contribution in [2.45, 2.75) is 25.8 Å². The summed E-state index contributed by atoms with van der Waals surface area (Å²) in [6.45, 7) is 2.44. The Morgan fingerprint density at radius 1 is 1.10 bits per heavy atom. The average Bonchev–Trinajstić information content (AvgIpc) is 3.29. The number of nitrogens with zero attached hydrogens (tertiary/aromatic N) is 3. The highest BCUT2D eigenvalue weighted by atomic mass is 16.5. The second kappa shape index (κ2) is 8.95. The Kier molecular flexibility index (Phi) is 5.93. The van der Waals surface area contributed by atoms with Gasteiger partial charge in [-0.3, -0.25) is 9.59 Å². The van der Waals surface area contributed by atoms with Crippen LogP contribution in [0.15, 0.2) is 60.8 Å². The van der Waals surface area contributed by atoms with Gasteiger partial charge in [0, 0.05) is 18.3 Å². The molecule has 1 saturated heterocycles. The van der Waals surface area contributed by atoms with Gasteiger partial charge in [-0.15, -0.1) is 0 Å². The van der Waals surface area contributed by atoms with Gasteiger partial charge in [0.15, 0.2) is 5.82 Å². The number of likely N-dealkylation sites (tertiary alicyclic amines) is 1. The second-order valence-corrected chi connectivity index (χ2v) is 7.40. The van der Waals surface area contributed by atoms with Crippen LogP contribution in [0.1, 0.15) is 51.1 Å². The fourth-order valence-electron chi connectivity index (χ4n) is 3.83. The van der Waals surface area contributed by atoms with Crippen molar-refractivity contribution in [3.63, 3.8) is 0 Å². The number of nitrogens with one attached hydrogen (secondary N) is 1. The summed E-state index contributed by atoms with van der Waals surface area (Å²) in [6.07, 6.45) is 3.22. The lowest BCUT2D eigenvalue weighted by Crippen LogP contribution is -2.31. The van der Waals surface area contributed by atoms with Gasteiger partial charge in [0.05, 0.1) is 30.1 Å². The lowest BCUT2D eigenvalue weighted by atomic mass is 10.1. The van der Waals surface area contributed by atoms with E-state index in [4.69, 9.17) is 4.74 Å². The van der Waals surface area contributed by atoms with Crippen LogP contribution in [0.3, 0.4) is 0 Å². The summed E-state index contributed by atoms with van der Waals surface area (Å²) in [4.78, 5) is 36.6. The number of carbonyl (C=O) groups excluding carboxylic acids is 2. The molecule has 0 saturated carbocycles. The molecule has 31 heavy (non-hydrogen) atoms. The first-order valence-electron chi connectivity index (χ1n) is 10.2. The zero-order valence-corrected chi connectivity index (χ0v) is 17.5. The van der Waals surface area contributed by atoms with Crippen LogP contribution in [0.5, 0.6) is 5.75 Å². The van der Waals surface area contributed by atoms with Crippen molar-refractivity contribution >= 4 is 17.5 Å². The van der Waals surface area contributed by atoms with Crippen LogP contribution in [0, 0.1) is 6.92 Å². The third kappa shape index (κ3) is 4.26. The Labute approximate surface area is 181 Å². The fourth-order valence-corrected chi connectivity index (χ4v) is 3.83. The molecule has 158 valence electrons. The number of benzene rings is 2. The molecule has 1 unspecified atom stereocenters. The number of carbonyl (C=O) groups is 2. The van der Waals surface area contributed by atoms with Crippen molar-refractivity contribution in [1.29, 1.82) is 0 Å². The van der Waals surface area contributed by atoms with E-state index in [0.29, 0.717) is 40.6 Å². The number of rotatable bonds is 5. The predicted molar refractivity (Wildman–Crippen MR) is 117 cm³/mol. The monoisotopic (exact) mass is 416 g/mol. The maximum atomic E-state index is 12.9. The topological polar surface area (TPSA) is 84.4 Å². The predicted octanol–water partition coefficient (Wildman–Crippen LogP) is 4.02. The number of aryl methyl sites for hydroxylation is 1. The van der Waals surface area contributed by atoms with Gasteiger partial charge in [-0.05, 0) is 44.0 Å². The summed E-state index contributed by atoms with van der Waals surface area (Å²) in [5, 5.41) is 2.85. The Hall–Kier alpha value is -3.74. The van der Waals surface area contributed by atoms with Crippen molar-refractivity contribution in [3.8, 4) is 5.75 Å². The number of hydrogen-bond donors (Lipinski definition) is 1. The fraction of sp³-hybridized carbons (Fsp3) is 0.250. The van der Waals surface area contributed by atoms with E-state index in [-0.39, 0.29) is 17.9 Å². The molecule has 7 heteroatoms. The van der Waals surface area contributed by atoms with E-state index >= 15 is 0 Å². The maximum Gasteiger partial charge on any atom is 0.259 e. The molecule has 0 radical (unpaired) electrons. The Morgan fingerprint density at radius 3 is 2.58 bits per heavy atom. The van der Waals surface area contributed by atoms with Crippen LogP contribution >= 0.6 is 0 Å². The molecule has 2 amide bonds. The summed E-state index contributed by atoms with van der Waals surface area (Å²) in [5.74, 6) is 0.805. The normalized spacial score (nSPS) is 15.5. The molecule has 7 nitrogen and oxygen atoms in total. The van der Waals surface area contributed by atoms with E-state index in [1.165, 1.54) is 6.20 Å². The first-order chi connectivity index (χ1) is 15.1. The lowest BCUT2D eigenvalue weighted by molar-refractivity contribution is 0.0729. The number of methoxy groups -OCH3 is 1. The highest BCUT2D eigenvalue weighted by molar-refractivity contribution is 6.05. The van der Waals surface area contributed by atoms with E-state index in [2.05, 4.69) is 15.3 Å². The summed E-state index contributed by atoms with van der Waals surface area (Å²) in [6, 6.07) is 16.2. The van der Waals surface area contributed by atoms with Gasteiger partial charge in [0.25, 0.3) is 11.8 Å². The van der Waals surface area contributed by atoms with Gasteiger partial charge < -0.3 is 15.0 Å². The first kappa shape index (κ1) is 20.5. The zero-order chi connectivity index (χ0) is 21.8. The summed E-state index contributed by atoms with van der Waals surface area (Å²) >= 11 is 0. The number of para-hydroxylation sites is 2. The highest BCUT2D eigenvalue weighted by Gasteiger charge is 2.33. The van der Waals surface area contributed by atoms with Gasteiger partial charge in [-0.1, -0.05) is 30.3 Å². The minimum atomic E-state index is -0.308. The van der Waals surface area contributed by atoms with Gasteiger partial charge in [-0.25, -0.2) is 9.97 Å². The van der Waals surface area contributed by atoms with Crippen molar-refractivity contribution < 1.29 is 14.3 Å². The molecule has 3 aromatic rings. The van der Waals surface area contributed by atoms with E-state index in [1.54, 1.807) is 26.2 Å². The number of amides is 2. The first-order valence-corrected chi connectivity index (χ1v) is 10.2. The van der Waals surface area contributed by atoms with Crippen LogP contribution in [0.2, 0.25) is 0 Å². The number of hydrogen-bond acceptors (Lipinski definition) is 5. The molecule has 4 rings (SSSR count). The van der Waals surface area contributed by atoms with Gasteiger partial charge in [0.2, 0.25) is 0 Å². The second-order valence-electron chi connectivity index (χ2n) is 7.40. The van der Waals surface area contributed by atoms with E-state index in [9.17, 15) is 9.59 Å². The van der Waals surface area contributed by atoms with Crippen molar-refractivity contribution in [2.24, 2.45) is 0 Å². The number of aromatic nitrogens is 2. The van der Waals surface area contributed by atoms with Crippen LogP contribution in [0.4, 0.5) is 5.69 Å². The third-order valence-corrected chi connectivity index (χ3v) is 5.43. The largest absolute Gasteiger partial charge is 0.495 e. The standard InChI is InChI=1S/C24H24N4O3/c1-16-18(23(29)27-19-11-6-7-13-21(19)31-2)15-25-22(26-16)20-12-8-14-28(20)24(30)17-9-4-3-5-10-17/h3-7,9-11,13,15,20H,8,12,14H2,1-2H3,(H,27,29). The molecular formula is C24H24N4O3. The summed E-state index contributed by atoms with van der Waals surface area (Å²) in [5.41, 5.74) is 2.18. The molecular weight excluding hydrogens is 392 g/mol. The molecule has 1 fully saturated rings. The maximum absolute atomic E-state index is 12.9. The molecule has 0 bridgehead atoms. The van der Waals surface area contributed by atoms with E-state index in [0.717, 1.165) is 12.8 Å². The molecule has 1 aromatic heterocycles. The van der Waals surface area contributed by atoms with Crippen LogP contribution in [-0.4, -0.2) is 40.3 Å². The molecule has 0 aliphatic carbocycles. The van der Waals surface area contributed by atoms with Gasteiger partial charge >= 0.3 is 0 Å². The summed E-state index contributed by atoms with van der Waals surface area (Å²) in [7, 11) is 1.55. The Balaban J connectivity index is 1.54. The highest BCUT2D eigenvalue weighted by Crippen LogP contribution is 2.31. The van der Waals surface area contributed by atoms with Crippen molar-refractivity contribution in [3.05, 3.63) is 83.4 Å². The van der Waals surface area contributed by atoms with Crippen LogP contribution in [0.25, 0.3) is 0 Å². The molecule has 1 aliphatic heterocycles. The SMILES string of the molecule is COc1ccccc1NC(=O)c1cnc(C2CCCN2C(=O)c2ccccc2)nc1C. The molecule has 0 spiro atoms. The zero-order valence-electron chi connectivity index (χ0n) is 17.5. The molecule has 1 aliphatic rings. The molecule has 2 heterocycles. The molecule has 2 aromatic carbocycles. The smallest absolute Gasteiger partial charge is 0.259 e. The lowest BCUT2D eigenvalue weighted by Gasteiger charge is -2.24. The minimum Gasteiger partial charge on any atom is -0.495 e. The molecule has 1 atom stereocenters. The quantitative estimate of drug-likeness (QED) is 0.679.